The first kappa shape index (κ1) is 15.3. The van der Waals surface area contributed by atoms with Crippen molar-refractivity contribution in [2.45, 2.75) is 32.6 Å². The first-order valence-corrected chi connectivity index (χ1v) is 7.24. The van der Waals surface area contributed by atoms with Gasteiger partial charge in [-0.15, -0.1) is 0 Å². The van der Waals surface area contributed by atoms with Gasteiger partial charge in [0.15, 0.2) is 5.82 Å². The summed E-state index contributed by atoms with van der Waals surface area (Å²) in [6, 6.07) is 1.71. The third-order valence-corrected chi connectivity index (χ3v) is 3.57. The highest BCUT2D eigenvalue weighted by atomic mass is 16.5. The lowest BCUT2D eigenvalue weighted by atomic mass is 10.1. The second kappa shape index (κ2) is 7.10. The van der Waals surface area contributed by atoms with E-state index in [1.807, 2.05) is 4.90 Å². The average molecular weight is 295 g/mol. The summed E-state index contributed by atoms with van der Waals surface area (Å²) in [6.45, 7) is 3.70. The van der Waals surface area contributed by atoms with Crippen molar-refractivity contribution in [1.29, 1.82) is 0 Å². The Bertz CT molecular complexity index is 494. The maximum absolute atomic E-state index is 12.3. The minimum absolute atomic E-state index is 0.0146. The van der Waals surface area contributed by atoms with E-state index in [1.165, 1.54) is 0 Å². The van der Waals surface area contributed by atoms with Crippen LogP contribution in [0.2, 0.25) is 0 Å². The molecule has 7 heteroatoms. The van der Waals surface area contributed by atoms with Crippen molar-refractivity contribution in [3.05, 3.63) is 11.8 Å². The molecule has 0 atom stereocenters. The van der Waals surface area contributed by atoms with E-state index in [4.69, 9.17) is 9.63 Å². The second-order valence-corrected chi connectivity index (χ2v) is 5.30. The SMILES string of the molecule is Cc1cc(N(CCC(=O)O)CC(=O)N2CCCCC2)no1. The predicted octanol–water partition coefficient (Wildman–Crippen LogP) is 1.28. The molecule has 0 radical (unpaired) electrons. The Balaban J connectivity index is 2.00. The summed E-state index contributed by atoms with van der Waals surface area (Å²) in [7, 11) is 0. The van der Waals surface area contributed by atoms with Gasteiger partial charge in [-0.3, -0.25) is 9.59 Å². The summed E-state index contributed by atoms with van der Waals surface area (Å²) in [5.41, 5.74) is 0. The molecular weight excluding hydrogens is 274 g/mol. The molecule has 1 amide bonds. The number of nitrogens with zero attached hydrogens (tertiary/aromatic N) is 3. The molecule has 0 aromatic carbocycles. The number of carboxylic acids is 1. The van der Waals surface area contributed by atoms with E-state index in [1.54, 1.807) is 17.9 Å². The number of carbonyl (C=O) groups excluding carboxylic acids is 1. The first-order valence-electron chi connectivity index (χ1n) is 7.24. The lowest BCUT2D eigenvalue weighted by Gasteiger charge is -2.29. The minimum Gasteiger partial charge on any atom is -0.481 e. The Labute approximate surface area is 123 Å². The van der Waals surface area contributed by atoms with E-state index < -0.39 is 5.97 Å². The summed E-state index contributed by atoms with van der Waals surface area (Å²) in [5.74, 6) is 0.265. The van der Waals surface area contributed by atoms with Crippen molar-refractivity contribution in [3.8, 4) is 0 Å². The number of hydrogen-bond acceptors (Lipinski definition) is 5. The number of anilines is 1. The molecule has 1 aromatic heterocycles. The van der Waals surface area contributed by atoms with Crippen LogP contribution in [0, 0.1) is 6.92 Å². The molecule has 116 valence electrons. The number of amides is 1. The molecule has 2 rings (SSSR count). The zero-order valence-corrected chi connectivity index (χ0v) is 12.2. The van der Waals surface area contributed by atoms with Gasteiger partial charge < -0.3 is 19.4 Å². The van der Waals surface area contributed by atoms with Gasteiger partial charge in [0, 0.05) is 25.7 Å². The van der Waals surface area contributed by atoms with Crippen molar-refractivity contribution >= 4 is 17.7 Å². The van der Waals surface area contributed by atoms with Gasteiger partial charge in [-0.05, 0) is 26.2 Å². The number of likely N-dealkylation sites (tertiary alicyclic amines) is 1. The number of carboxylic acid groups (broad SMARTS) is 1. The fourth-order valence-electron chi connectivity index (χ4n) is 2.41. The van der Waals surface area contributed by atoms with Crippen LogP contribution in [0.4, 0.5) is 5.82 Å². The van der Waals surface area contributed by atoms with Gasteiger partial charge in [0.25, 0.3) is 0 Å². The Morgan fingerprint density at radius 2 is 2.10 bits per heavy atom. The van der Waals surface area contributed by atoms with E-state index in [0.29, 0.717) is 11.6 Å². The van der Waals surface area contributed by atoms with Crippen LogP contribution < -0.4 is 4.90 Å². The molecule has 0 spiro atoms. The lowest BCUT2D eigenvalue weighted by Crippen LogP contribution is -2.43. The van der Waals surface area contributed by atoms with Crippen LogP contribution in [-0.2, 0) is 9.59 Å². The van der Waals surface area contributed by atoms with Gasteiger partial charge in [-0.2, -0.15) is 0 Å². The van der Waals surface area contributed by atoms with E-state index in [9.17, 15) is 9.59 Å². The van der Waals surface area contributed by atoms with Gasteiger partial charge in [-0.1, -0.05) is 5.16 Å². The normalized spacial score (nSPS) is 15.0. The highest BCUT2D eigenvalue weighted by molar-refractivity contribution is 5.81. The summed E-state index contributed by atoms with van der Waals surface area (Å²) >= 11 is 0. The fourth-order valence-corrected chi connectivity index (χ4v) is 2.41. The molecule has 1 aliphatic rings. The van der Waals surface area contributed by atoms with Gasteiger partial charge >= 0.3 is 5.97 Å². The monoisotopic (exact) mass is 295 g/mol. The number of piperidine rings is 1. The second-order valence-electron chi connectivity index (χ2n) is 5.30. The third-order valence-electron chi connectivity index (χ3n) is 3.57. The number of aromatic nitrogens is 1. The molecule has 0 aliphatic carbocycles. The predicted molar refractivity (Wildman–Crippen MR) is 76.1 cm³/mol. The number of aliphatic carboxylic acids is 1. The molecule has 1 N–H and O–H groups in total. The van der Waals surface area contributed by atoms with Gasteiger partial charge in [0.05, 0.1) is 13.0 Å². The molecule has 1 aromatic rings. The number of carbonyl (C=O) groups is 2. The van der Waals surface area contributed by atoms with Crippen molar-refractivity contribution < 1.29 is 19.2 Å². The van der Waals surface area contributed by atoms with Crippen molar-refractivity contribution in [1.82, 2.24) is 10.1 Å². The smallest absolute Gasteiger partial charge is 0.305 e. The van der Waals surface area contributed by atoms with Crippen LogP contribution in [-0.4, -0.2) is 53.2 Å². The summed E-state index contributed by atoms with van der Waals surface area (Å²) in [6.07, 6.45) is 3.18. The standard InChI is InChI=1S/C14H21N3O4/c1-11-9-12(15-21-11)17(8-5-14(19)20)10-13(18)16-6-3-2-4-7-16/h9H,2-8,10H2,1H3,(H,19,20). The summed E-state index contributed by atoms with van der Waals surface area (Å²) < 4.78 is 5.02. The van der Waals surface area contributed by atoms with E-state index in [0.717, 1.165) is 32.4 Å². The number of hydrogen-bond donors (Lipinski definition) is 1. The molecule has 1 aliphatic heterocycles. The quantitative estimate of drug-likeness (QED) is 0.850. The largest absolute Gasteiger partial charge is 0.481 e. The zero-order chi connectivity index (χ0) is 15.2. The van der Waals surface area contributed by atoms with Crippen molar-refractivity contribution in [3.63, 3.8) is 0 Å². The molecule has 0 bridgehead atoms. The highest BCUT2D eigenvalue weighted by Gasteiger charge is 2.21. The van der Waals surface area contributed by atoms with Crippen LogP contribution in [0.25, 0.3) is 0 Å². The molecule has 21 heavy (non-hydrogen) atoms. The number of aryl methyl sites for hydroxylation is 1. The van der Waals surface area contributed by atoms with Crippen LogP contribution >= 0.6 is 0 Å². The summed E-state index contributed by atoms with van der Waals surface area (Å²) in [4.78, 5) is 26.6. The Hall–Kier alpha value is -2.05. The minimum atomic E-state index is -0.898. The molecule has 7 nitrogen and oxygen atoms in total. The lowest BCUT2D eigenvalue weighted by molar-refractivity contribution is -0.137. The van der Waals surface area contributed by atoms with E-state index >= 15 is 0 Å². The molecule has 0 saturated carbocycles. The maximum Gasteiger partial charge on any atom is 0.305 e. The maximum atomic E-state index is 12.3. The van der Waals surface area contributed by atoms with Crippen LogP contribution in [0.15, 0.2) is 10.6 Å². The molecule has 0 unspecified atom stereocenters. The zero-order valence-electron chi connectivity index (χ0n) is 12.2. The van der Waals surface area contributed by atoms with Crippen LogP contribution in [0.3, 0.4) is 0 Å². The Kier molecular flexibility index (Phi) is 5.19. The van der Waals surface area contributed by atoms with Gasteiger partial charge in [0.1, 0.15) is 5.76 Å². The number of rotatable bonds is 6. The van der Waals surface area contributed by atoms with Crippen molar-refractivity contribution in [2.24, 2.45) is 0 Å². The molecule has 2 heterocycles. The molecule has 1 saturated heterocycles. The van der Waals surface area contributed by atoms with E-state index in [-0.39, 0.29) is 25.4 Å². The topological polar surface area (TPSA) is 86.9 Å². The molecular formula is C14H21N3O4. The van der Waals surface area contributed by atoms with E-state index in [2.05, 4.69) is 5.16 Å². The van der Waals surface area contributed by atoms with Crippen molar-refractivity contribution in [2.75, 3.05) is 31.1 Å². The highest BCUT2D eigenvalue weighted by Crippen LogP contribution is 2.16. The Morgan fingerprint density at radius 1 is 1.38 bits per heavy atom. The third kappa shape index (κ3) is 4.47. The fraction of sp³-hybridized carbons (Fsp3) is 0.643. The Morgan fingerprint density at radius 3 is 2.67 bits per heavy atom. The van der Waals surface area contributed by atoms with Crippen LogP contribution in [0.5, 0.6) is 0 Å². The van der Waals surface area contributed by atoms with Gasteiger partial charge in [-0.25, -0.2) is 0 Å². The molecule has 1 fully saturated rings. The average Bonchev–Trinajstić information content (AvgIpc) is 2.90. The van der Waals surface area contributed by atoms with Gasteiger partial charge in [0.2, 0.25) is 5.91 Å². The first-order chi connectivity index (χ1) is 10.1. The van der Waals surface area contributed by atoms with Crippen LogP contribution in [0.1, 0.15) is 31.4 Å². The summed E-state index contributed by atoms with van der Waals surface area (Å²) in [5, 5.41) is 12.7.